The van der Waals surface area contributed by atoms with Crippen molar-refractivity contribution in [1.82, 2.24) is 10.3 Å². The molecule has 2 aromatic rings. The topological polar surface area (TPSA) is 53.8 Å². The van der Waals surface area contributed by atoms with Gasteiger partial charge in [0.2, 0.25) is 0 Å². The van der Waals surface area contributed by atoms with Crippen molar-refractivity contribution in [3.05, 3.63) is 30.0 Å². The Morgan fingerprint density at radius 1 is 1.38 bits per heavy atom. The van der Waals surface area contributed by atoms with Crippen LogP contribution < -0.4 is 11.1 Å². The van der Waals surface area contributed by atoms with Crippen molar-refractivity contribution in [2.75, 3.05) is 12.3 Å². The Bertz CT molecular complexity index is 495. The molecule has 1 atom stereocenters. The molecule has 4 N–H and O–H groups in total. The fourth-order valence-electron chi connectivity index (χ4n) is 2.56. The summed E-state index contributed by atoms with van der Waals surface area (Å²) in [5.41, 5.74) is 9.23. The van der Waals surface area contributed by atoms with Crippen LogP contribution in [-0.4, -0.2) is 17.6 Å². The van der Waals surface area contributed by atoms with Gasteiger partial charge in [-0.25, -0.2) is 0 Å². The molecule has 1 aliphatic heterocycles. The largest absolute Gasteiger partial charge is 0.399 e. The molecule has 3 rings (SSSR count). The number of nitrogens with two attached hydrogens (primary N) is 1. The molecule has 1 saturated heterocycles. The summed E-state index contributed by atoms with van der Waals surface area (Å²) in [7, 11) is 0. The fraction of sp³-hybridized carbons (Fsp3) is 0.385. The smallest absolute Gasteiger partial charge is 0.0458 e. The summed E-state index contributed by atoms with van der Waals surface area (Å²) in [6.07, 6.45) is 5.80. The highest BCUT2D eigenvalue weighted by Crippen LogP contribution is 2.23. The molecular formula is C13H17N3. The molecule has 1 fully saturated rings. The molecule has 0 saturated carbocycles. The van der Waals surface area contributed by atoms with E-state index in [0.29, 0.717) is 6.04 Å². The number of benzene rings is 1. The minimum absolute atomic E-state index is 0.639. The summed E-state index contributed by atoms with van der Waals surface area (Å²) in [6, 6.07) is 6.70. The molecule has 0 aliphatic carbocycles. The maximum absolute atomic E-state index is 5.83. The van der Waals surface area contributed by atoms with Gasteiger partial charge in [0.25, 0.3) is 0 Å². The second kappa shape index (κ2) is 3.83. The van der Waals surface area contributed by atoms with E-state index in [4.69, 9.17) is 5.73 Å². The number of nitrogen functional groups attached to an aromatic ring is 1. The molecule has 3 heteroatoms. The number of rotatable bonds is 2. The summed E-state index contributed by atoms with van der Waals surface area (Å²) in [5.74, 6) is 0. The van der Waals surface area contributed by atoms with Gasteiger partial charge in [-0.2, -0.15) is 0 Å². The van der Waals surface area contributed by atoms with Gasteiger partial charge in [0.05, 0.1) is 0 Å². The lowest BCUT2D eigenvalue weighted by atomic mass is 10.0. The molecule has 1 unspecified atom stereocenters. The first kappa shape index (κ1) is 9.73. The van der Waals surface area contributed by atoms with E-state index in [1.807, 2.05) is 6.07 Å². The van der Waals surface area contributed by atoms with E-state index >= 15 is 0 Å². The molecule has 3 nitrogen and oxygen atoms in total. The van der Waals surface area contributed by atoms with Crippen molar-refractivity contribution in [2.24, 2.45) is 0 Å². The van der Waals surface area contributed by atoms with Crippen LogP contribution >= 0.6 is 0 Å². The Balaban J connectivity index is 1.93. The van der Waals surface area contributed by atoms with Crippen molar-refractivity contribution in [2.45, 2.75) is 25.3 Å². The van der Waals surface area contributed by atoms with Gasteiger partial charge in [0, 0.05) is 28.8 Å². The number of aromatic nitrogens is 1. The maximum atomic E-state index is 5.83. The van der Waals surface area contributed by atoms with E-state index in [0.717, 1.165) is 18.7 Å². The van der Waals surface area contributed by atoms with Crippen molar-refractivity contribution in [3.63, 3.8) is 0 Å². The van der Waals surface area contributed by atoms with Gasteiger partial charge >= 0.3 is 0 Å². The normalized spacial score (nSPS) is 20.6. The number of fused-ring (bicyclic) bond motifs is 1. The minimum atomic E-state index is 0.639. The lowest BCUT2D eigenvalue weighted by Gasteiger charge is -2.08. The van der Waals surface area contributed by atoms with Gasteiger partial charge in [-0.05, 0) is 49.6 Å². The molecule has 1 aromatic carbocycles. The van der Waals surface area contributed by atoms with Crippen LogP contribution in [0.25, 0.3) is 10.9 Å². The predicted octanol–water partition coefficient (Wildman–Crippen LogP) is 2.04. The van der Waals surface area contributed by atoms with Crippen molar-refractivity contribution >= 4 is 16.6 Å². The number of anilines is 1. The van der Waals surface area contributed by atoms with Gasteiger partial charge in [-0.3, -0.25) is 0 Å². The van der Waals surface area contributed by atoms with Crippen molar-refractivity contribution < 1.29 is 0 Å². The number of aromatic amines is 1. The Morgan fingerprint density at radius 3 is 3.12 bits per heavy atom. The maximum Gasteiger partial charge on any atom is 0.0458 e. The standard InChI is InChI=1S/C13H17N3/c14-10-3-4-13-12(7-10)9(8-16-13)6-11-2-1-5-15-11/h3-4,7-8,11,15-16H,1-2,5-6,14H2. The third-order valence-corrected chi connectivity index (χ3v) is 3.42. The third-order valence-electron chi connectivity index (χ3n) is 3.42. The van der Waals surface area contributed by atoms with Crippen molar-refractivity contribution in [3.8, 4) is 0 Å². The zero-order valence-corrected chi connectivity index (χ0v) is 9.29. The van der Waals surface area contributed by atoms with E-state index < -0.39 is 0 Å². The first-order valence-electron chi connectivity index (χ1n) is 5.92. The van der Waals surface area contributed by atoms with Crippen LogP contribution in [0.15, 0.2) is 24.4 Å². The van der Waals surface area contributed by atoms with Crippen LogP contribution in [0.1, 0.15) is 18.4 Å². The Labute approximate surface area is 95.0 Å². The average molecular weight is 215 g/mol. The van der Waals surface area contributed by atoms with Crippen LogP contribution in [0.3, 0.4) is 0 Å². The zero-order valence-electron chi connectivity index (χ0n) is 9.29. The molecule has 1 aromatic heterocycles. The van der Waals surface area contributed by atoms with Crippen LogP contribution in [0, 0.1) is 0 Å². The first-order valence-corrected chi connectivity index (χ1v) is 5.92. The lowest BCUT2D eigenvalue weighted by Crippen LogP contribution is -2.23. The average Bonchev–Trinajstić information content (AvgIpc) is 2.90. The molecule has 0 amide bonds. The molecule has 16 heavy (non-hydrogen) atoms. The van der Waals surface area contributed by atoms with E-state index in [-0.39, 0.29) is 0 Å². The van der Waals surface area contributed by atoms with Crippen LogP contribution in [0.5, 0.6) is 0 Å². The number of nitrogens with one attached hydrogen (secondary N) is 2. The highest BCUT2D eigenvalue weighted by molar-refractivity contribution is 5.86. The Kier molecular flexibility index (Phi) is 2.33. The summed E-state index contributed by atoms with van der Waals surface area (Å²) >= 11 is 0. The molecule has 0 radical (unpaired) electrons. The monoisotopic (exact) mass is 215 g/mol. The summed E-state index contributed by atoms with van der Waals surface area (Å²) < 4.78 is 0. The van der Waals surface area contributed by atoms with Crippen LogP contribution in [0.2, 0.25) is 0 Å². The van der Waals surface area contributed by atoms with Crippen molar-refractivity contribution in [1.29, 1.82) is 0 Å². The fourth-order valence-corrected chi connectivity index (χ4v) is 2.56. The summed E-state index contributed by atoms with van der Waals surface area (Å²) in [6.45, 7) is 1.16. The molecule has 0 spiro atoms. The summed E-state index contributed by atoms with van der Waals surface area (Å²) in [4.78, 5) is 3.31. The second-order valence-corrected chi connectivity index (χ2v) is 4.62. The predicted molar refractivity (Wildman–Crippen MR) is 67.4 cm³/mol. The van der Waals surface area contributed by atoms with Crippen LogP contribution in [-0.2, 0) is 6.42 Å². The lowest BCUT2D eigenvalue weighted by molar-refractivity contribution is 0.605. The van der Waals surface area contributed by atoms with Crippen LogP contribution in [0.4, 0.5) is 5.69 Å². The minimum Gasteiger partial charge on any atom is -0.399 e. The Morgan fingerprint density at radius 2 is 2.31 bits per heavy atom. The number of H-pyrrole nitrogens is 1. The molecular weight excluding hydrogens is 198 g/mol. The van der Waals surface area contributed by atoms with Gasteiger partial charge in [0.15, 0.2) is 0 Å². The van der Waals surface area contributed by atoms with Gasteiger partial charge in [0.1, 0.15) is 0 Å². The molecule has 1 aliphatic rings. The zero-order chi connectivity index (χ0) is 11.0. The Hall–Kier alpha value is -1.48. The van der Waals surface area contributed by atoms with E-state index in [1.165, 1.54) is 29.3 Å². The highest BCUT2D eigenvalue weighted by Gasteiger charge is 2.16. The van der Waals surface area contributed by atoms with E-state index in [2.05, 4.69) is 28.6 Å². The second-order valence-electron chi connectivity index (χ2n) is 4.62. The summed E-state index contributed by atoms with van der Waals surface area (Å²) in [5, 5.41) is 4.80. The van der Waals surface area contributed by atoms with E-state index in [9.17, 15) is 0 Å². The molecule has 0 bridgehead atoms. The first-order chi connectivity index (χ1) is 7.83. The van der Waals surface area contributed by atoms with E-state index in [1.54, 1.807) is 0 Å². The van der Waals surface area contributed by atoms with Gasteiger partial charge in [-0.15, -0.1) is 0 Å². The highest BCUT2D eigenvalue weighted by atomic mass is 14.9. The number of hydrogen-bond donors (Lipinski definition) is 3. The number of hydrogen-bond acceptors (Lipinski definition) is 2. The SMILES string of the molecule is Nc1ccc2[nH]cc(CC3CCCN3)c2c1. The molecule has 84 valence electrons. The molecule has 2 heterocycles. The van der Waals surface area contributed by atoms with Gasteiger partial charge in [-0.1, -0.05) is 0 Å². The third kappa shape index (κ3) is 1.67. The van der Waals surface area contributed by atoms with Gasteiger partial charge < -0.3 is 16.0 Å². The quantitative estimate of drug-likeness (QED) is 0.671.